The summed E-state index contributed by atoms with van der Waals surface area (Å²) in [6.07, 6.45) is 7.36. The highest BCUT2D eigenvalue weighted by Gasteiger charge is 2.12. The van der Waals surface area contributed by atoms with Crippen LogP contribution >= 0.6 is 0 Å². The third-order valence-electron chi connectivity index (χ3n) is 8.52. The van der Waals surface area contributed by atoms with Crippen molar-refractivity contribution in [3.8, 4) is 78.4 Å². The maximum Gasteiger partial charge on any atom is 0.160 e. The van der Waals surface area contributed by atoms with E-state index >= 15 is 0 Å². The van der Waals surface area contributed by atoms with Gasteiger partial charge in [0.1, 0.15) is 0 Å². The van der Waals surface area contributed by atoms with Crippen molar-refractivity contribution in [2.45, 2.75) is 0 Å². The summed E-state index contributed by atoms with van der Waals surface area (Å²) in [6, 6.07) is 54.7. The average Bonchev–Trinajstić information content (AvgIpc) is 3.19. The molecule has 8 aromatic rings. The molecule has 0 aliphatic carbocycles. The lowest BCUT2D eigenvalue weighted by molar-refractivity contribution is 1.18. The smallest absolute Gasteiger partial charge is 0.160 e. The standard InChI is InChI=1S/C44H30N4/c1-2-7-31(8-3-1)32-13-19-35(20-14-32)42-28-43(48-44(47-42)37-23-17-34(18-24-37)40-11-5-25-45-29-40)36-21-15-33(16-22-36)38-9-4-10-39(27-38)41-12-6-26-46-30-41/h1-30H. The van der Waals surface area contributed by atoms with Gasteiger partial charge < -0.3 is 0 Å². The van der Waals surface area contributed by atoms with Crippen LogP contribution in [0.4, 0.5) is 0 Å². The molecule has 0 unspecified atom stereocenters. The molecule has 226 valence electrons. The molecular weight excluding hydrogens is 585 g/mol. The number of hydrogen-bond donors (Lipinski definition) is 0. The first-order chi connectivity index (χ1) is 23.8. The van der Waals surface area contributed by atoms with Crippen molar-refractivity contribution in [2.75, 3.05) is 0 Å². The van der Waals surface area contributed by atoms with Crippen molar-refractivity contribution in [3.63, 3.8) is 0 Å². The summed E-state index contributed by atoms with van der Waals surface area (Å²) in [5.74, 6) is 0.681. The van der Waals surface area contributed by atoms with Gasteiger partial charge in [0, 0.05) is 47.0 Å². The average molecular weight is 615 g/mol. The number of rotatable bonds is 7. The summed E-state index contributed by atoms with van der Waals surface area (Å²) >= 11 is 0. The van der Waals surface area contributed by atoms with Crippen LogP contribution in [0, 0.1) is 0 Å². The lowest BCUT2D eigenvalue weighted by atomic mass is 9.98. The molecule has 0 saturated heterocycles. The fraction of sp³-hybridized carbons (Fsp3) is 0. The Morgan fingerprint density at radius 3 is 1.21 bits per heavy atom. The van der Waals surface area contributed by atoms with Crippen molar-refractivity contribution in [3.05, 3.63) is 183 Å². The van der Waals surface area contributed by atoms with E-state index in [-0.39, 0.29) is 0 Å². The van der Waals surface area contributed by atoms with Gasteiger partial charge in [-0.25, -0.2) is 9.97 Å². The Morgan fingerprint density at radius 2 is 0.667 bits per heavy atom. The van der Waals surface area contributed by atoms with E-state index in [1.165, 1.54) is 11.1 Å². The second kappa shape index (κ2) is 13.1. The molecule has 0 atom stereocenters. The van der Waals surface area contributed by atoms with Gasteiger partial charge in [0.15, 0.2) is 5.82 Å². The molecule has 0 N–H and O–H groups in total. The molecule has 4 heteroatoms. The highest BCUT2D eigenvalue weighted by atomic mass is 14.9. The van der Waals surface area contributed by atoms with Crippen molar-refractivity contribution >= 4 is 0 Å². The minimum absolute atomic E-state index is 0.681. The molecule has 0 saturated carbocycles. The summed E-state index contributed by atoms with van der Waals surface area (Å²) in [6.45, 7) is 0. The van der Waals surface area contributed by atoms with Crippen molar-refractivity contribution in [1.82, 2.24) is 19.9 Å². The lowest BCUT2D eigenvalue weighted by Gasteiger charge is -2.11. The van der Waals surface area contributed by atoms with E-state index < -0.39 is 0 Å². The van der Waals surface area contributed by atoms with Crippen LogP contribution in [-0.4, -0.2) is 19.9 Å². The van der Waals surface area contributed by atoms with Gasteiger partial charge >= 0.3 is 0 Å². The van der Waals surface area contributed by atoms with Gasteiger partial charge in [-0.15, -0.1) is 0 Å². The van der Waals surface area contributed by atoms with Gasteiger partial charge in [0.05, 0.1) is 11.4 Å². The van der Waals surface area contributed by atoms with Gasteiger partial charge in [-0.3, -0.25) is 9.97 Å². The van der Waals surface area contributed by atoms with Crippen LogP contribution in [0.5, 0.6) is 0 Å². The highest BCUT2D eigenvalue weighted by molar-refractivity contribution is 5.78. The minimum atomic E-state index is 0.681. The second-order valence-electron chi connectivity index (χ2n) is 11.6. The van der Waals surface area contributed by atoms with Crippen LogP contribution in [0.1, 0.15) is 0 Å². The van der Waals surface area contributed by atoms with Crippen LogP contribution in [0.2, 0.25) is 0 Å². The molecule has 0 aliphatic rings. The zero-order valence-electron chi connectivity index (χ0n) is 26.1. The van der Waals surface area contributed by atoms with E-state index in [4.69, 9.17) is 9.97 Å². The minimum Gasteiger partial charge on any atom is -0.264 e. The van der Waals surface area contributed by atoms with E-state index in [9.17, 15) is 0 Å². The molecule has 0 spiro atoms. The molecule has 0 amide bonds. The molecule has 0 radical (unpaired) electrons. The second-order valence-corrected chi connectivity index (χ2v) is 11.6. The van der Waals surface area contributed by atoms with Gasteiger partial charge in [0.25, 0.3) is 0 Å². The third-order valence-corrected chi connectivity index (χ3v) is 8.52. The first-order valence-electron chi connectivity index (χ1n) is 15.9. The third kappa shape index (κ3) is 6.15. The van der Waals surface area contributed by atoms with Gasteiger partial charge in [-0.05, 0) is 63.2 Å². The Balaban J connectivity index is 1.16. The van der Waals surface area contributed by atoms with Gasteiger partial charge in [-0.2, -0.15) is 0 Å². The van der Waals surface area contributed by atoms with E-state index in [2.05, 4.69) is 149 Å². The summed E-state index contributed by atoms with van der Waals surface area (Å²) in [5, 5.41) is 0. The number of pyridine rings is 2. The van der Waals surface area contributed by atoms with E-state index in [1.54, 1.807) is 12.4 Å². The van der Waals surface area contributed by atoms with Crippen molar-refractivity contribution in [1.29, 1.82) is 0 Å². The predicted octanol–water partition coefficient (Wildman–Crippen LogP) is 10.9. The Kier molecular flexibility index (Phi) is 7.87. The molecule has 48 heavy (non-hydrogen) atoms. The SMILES string of the molecule is c1ccc(-c2ccc(-c3cc(-c4ccc(-c5cccc(-c6cccnc6)c5)cc4)nc(-c4ccc(-c5cccnc5)cc4)n3)cc2)cc1. The number of aromatic nitrogens is 4. The fourth-order valence-corrected chi connectivity index (χ4v) is 5.93. The fourth-order valence-electron chi connectivity index (χ4n) is 5.93. The quantitative estimate of drug-likeness (QED) is 0.179. The zero-order valence-corrected chi connectivity index (χ0v) is 26.1. The zero-order chi connectivity index (χ0) is 32.1. The van der Waals surface area contributed by atoms with E-state index in [0.29, 0.717) is 5.82 Å². The largest absolute Gasteiger partial charge is 0.264 e. The molecule has 3 aromatic heterocycles. The Hall–Kier alpha value is -6.52. The maximum atomic E-state index is 5.09. The highest BCUT2D eigenvalue weighted by Crippen LogP contribution is 2.32. The first-order valence-corrected chi connectivity index (χ1v) is 15.9. The Morgan fingerprint density at radius 1 is 0.271 bits per heavy atom. The van der Waals surface area contributed by atoms with Gasteiger partial charge in [0.2, 0.25) is 0 Å². The molecule has 0 fully saturated rings. The molecule has 8 rings (SSSR count). The predicted molar refractivity (Wildman–Crippen MR) is 196 cm³/mol. The topological polar surface area (TPSA) is 51.6 Å². The Labute approximate surface area is 280 Å². The molecule has 0 bridgehead atoms. The summed E-state index contributed by atoms with van der Waals surface area (Å²) in [4.78, 5) is 18.7. The first kappa shape index (κ1) is 28.9. The monoisotopic (exact) mass is 614 g/mol. The number of hydrogen-bond acceptors (Lipinski definition) is 4. The van der Waals surface area contributed by atoms with Crippen LogP contribution in [0.25, 0.3) is 78.4 Å². The van der Waals surface area contributed by atoms with Crippen LogP contribution in [0.3, 0.4) is 0 Å². The Bertz CT molecular complexity index is 2180. The summed E-state index contributed by atoms with van der Waals surface area (Å²) in [7, 11) is 0. The van der Waals surface area contributed by atoms with E-state index in [1.807, 2.05) is 30.6 Å². The lowest BCUT2D eigenvalue weighted by Crippen LogP contribution is -1.96. The van der Waals surface area contributed by atoms with Crippen molar-refractivity contribution in [2.24, 2.45) is 0 Å². The van der Waals surface area contributed by atoms with Gasteiger partial charge in [-0.1, -0.05) is 133 Å². The van der Waals surface area contributed by atoms with E-state index in [0.717, 1.165) is 61.5 Å². The maximum absolute atomic E-state index is 5.09. The van der Waals surface area contributed by atoms with Crippen molar-refractivity contribution < 1.29 is 0 Å². The molecule has 4 nitrogen and oxygen atoms in total. The normalized spacial score (nSPS) is 10.9. The number of nitrogens with zero attached hydrogens (tertiary/aromatic N) is 4. The number of benzene rings is 5. The van der Waals surface area contributed by atoms with Crippen LogP contribution < -0.4 is 0 Å². The molecule has 0 aliphatic heterocycles. The molecule has 3 heterocycles. The summed E-state index contributed by atoms with van der Waals surface area (Å²) in [5.41, 5.74) is 13.8. The molecule has 5 aromatic carbocycles. The molecular formula is C44H30N4. The van der Waals surface area contributed by atoms with Crippen LogP contribution in [0.15, 0.2) is 183 Å². The summed E-state index contributed by atoms with van der Waals surface area (Å²) < 4.78 is 0. The van der Waals surface area contributed by atoms with Crippen LogP contribution in [-0.2, 0) is 0 Å².